The number of hydrogen-bond donors (Lipinski definition) is 1. The lowest BCUT2D eigenvalue weighted by molar-refractivity contribution is -0.237. The first-order valence-corrected chi connectivity index (χ1v) is 9.23. The van der Waals surface area contributed by atoms with E-state index in [-0.39, 0.29) is 11.2 Å². The fourth-order valence-corrected chi connectivity index (χ4v) is 6.45. The average Bonchev–Trinajstić information content (AvgIpc) is 3.14. The van der Waals surface area contributed by atoms with Crippen molar-refractivity contribution in [2.45, 2.75) is 57.2 Å². The van der Waals surface area contributed by atoms with Crippen LogP contribution in [0.3, 0.4) is 0 Å². The zero-order chi connectivity index (χ0) is 15.7. The highest BCUT2D eigenvalue weighted by Crippen LogP contribution is 2.66. The molecule has 1 saturated heterocycles. The normalized spacial score (nSPS) is 40.7. The van der Waals surface area contributed by atoms with Gasteiger partial charge in [0.15, 0.2) is 5.79 Å². The Morgan fingerprint density at radius 1 is 1.09 bits per heavy atom. The summed E-state index contributed by atoms with van der Waals surface area (Å²) in [5, 5.41) is 9.78. The molecular formula is C20H26O3. The van der Waals surface area contributed by atoms with Gasteiger partial charge in [0.1, 0.15) is 5.75 Å². The van der Waals surface area contributed by atoms with E-state index in [1.54, 1.807) is 0 Å². The number of hydrogen-bond acceptors (Lipinski definition) is 3. The molecule has 23 heavy (non-hydrogen) atoms. The maximum atomic E-state index is 9.78. The smallest absolute Gasteiger partial charge is 0.174 e. The van der Waals surface area contributed by atoms with Crippen molar-refractivity contribution in [2.75, 3.05) is 13.2 Å². The molecule has 1 heterocycles. The fourth-order valence-electron chi connectivity index (χ4n) is 6.45. The van der Waals surface area contributed by atoms with Gasteiger partial charge in [-0.25, -0.2) is 0 Å². The van der Waals surface area contributed by atoms with Crippen LogP contribution in [0.25, 0.3) is 0 Å². The number of phenolic OH excluding ortho intramolecular Hbond substituents is 1. The number of aryl methyl sites for hydroxylation is 1. The molecule has 3 aliphatic carbocycles. The van der Waals surface area contributed by atoms with E-state index in [0.29, 0.717) is 17.6 Å². The molecule has 3 nitrogen and oxygen atoms in total. The van der Waals surface area contributed by atoms with Crippen LogP contribution in [-0.2, 0) is 15.9 Å². The minimum atomic E-state index is -0.294. The summed E-state index contributed by atoms with van der Waals surface area (Å²) in [5.74, 6) is 2.24. The van der Waals surface area contributed by atoms with Crippen molar-refractivity contribution in [3.8, 4) is 5.75 Å². The van der Waals surface area contributed by atoms with Gasteiger partial charge >= 0.3 is 0 Å². The molecule has 4 aliphatic rings. The molecule has 124 valence electrons. The van der Waals surface area contributed by atoms with Crippen molar-refractivity contribution in [3.63, 3.8) is 0 Å². The Balaban J connectivity index is 1.51. The molecule has 0 amide bonds. The lowest BCUT2D eigenvalue weighted by Crippen LogP contribution is -2.51. The van der Waals surface area contributed by atoms with Gasteiger partial charge in [0.2, 0.25) is 0 Å². The molecule has 2 saturated carbocycles. The Bertz CT molecular complexity index is 634. The number of aromatic hydroxyl groups is 1. The van der Waals surface area contributed by atoms with Gasteiger partial charge < -0.3 is 14.6 Å². The van der Waals surface area contributed by atoms with Gasteiger partial charge in [-0.3, -0.25) is 0 Å². The van der Waals surface area contributed by atoms with Crippen LogP contribution in [-0.4, -0.2) is 24.1 Å². The fraction of sp³-hybridized carbons (Fsp3) is 0.700. The van der Waals surface area contributed by atoms with Gasteiger partial charge in [-0.15, -0.1) is 0 Å². The topological polar surface area (TPSA) is 38.7 Å². The van der Waals surface area contributed by atoms with Gasteiger partial charge in [0, 0.05) is 11.8 Å². The first-order chi connectivity index (χ1) is 11.1. The summed E-state index contributed by atoms with van der Waals surface area (Å²) in [7, 11) is 0. The van der Waals surface area contributed by atoms with Crippen LogP contribution < -0.4 is 0 Å². The lowest BCUT2D eigenvalue weighted by Gasteiger charge is -2.52. The lowest BCUT2D eigenvalue weighted by atomic mass is 9.55. The Kier molecular flexibility index (Phi) is 2.94. The molecule has 0 unspecified atom stereocenters. The molecule has 1 aromatic rings. The van der Waals surface area contributed by atoms with E-state index in [2.05, 4.69) is 13.0 Å². The van der Waals surface area contributed by atoms with Gasteiger partial charge in [-0.2, -0.15) is 0 Å². The maximum absolute atomic E-state index is 9.78. The summed E-state index contributed by atoms with van der Waals surface area (Å²) >= 11 is 0. The molecule has 1 N–H and O–H groups in total. The first kappa shape index (κ1) is 14.3. The Morgan fingerprint density at radius 3 is 2.74 bits per heavy atom. The second-order valence-corrected chi connectivity index (χ2v) is 8.24. The van der Waals surface area contributed by atoms with Crippen LogP contribution in [0.5, 0.6) is 5.75 Å². The summed E-state index contributed by atoms with van der Waals surface area (Å²) < 4.78 is 12.4. The van der Waals surface area contributed by atoms with E-state index in [1.165, 1.54) is 36.8 Å². The van der Waals surface area contributed by atoms with Gasteiger partial charge in [-0.05, 0) is 73.1 Å². The van der Waals surface area contributed by atoms with Crippen molar-refractivity contribution in [1.82, 2.24) is 0 Å². The summed E-state index contributed by atoms with van der Waals surface area (Å²) in [5.41, 5.74) is 3.05. The van der Waals surface area contributed by atoms with Crippen LogP contribution in [0, 0.1) is 17.3 Å². The number of phenols is 1. The molecule has 5 rings (SSSR count). The molecular weight excluding hydrogens is 288 g/mol. The first-order valence-electron chi connectivity index (χ1n) is 9.23. The molecule has 1 aromatic carbocycles. The third kappa shape index (κ3) is 1.78. The largest absolute Gasteiger partial charge is 0.508 e. The number of rotatable bonds is 0. The van der Waals surface area contributed by atoms with Crippen molar-refractivity contribution in [1.29, 1.82) is 0 Å². The van der Waals surface area contributed by atoms with E-state index in [4.69, 9.17) is 9.47 Å². The zero-order valence-electron chi connectivity index (χ0n) is 13.9. The number of ether oxygens (including phenoxy) is 2. The molecule has 0 radical (unpaired) electrons. The summed E-state index contributed by atoms with van der Waals surface area (Å²) in [6.45, 7) is 3.95. The van der Waals surface area contributed by atoms with E-state index in [1.807, 2.05) is 12.1 Å². The second-order valence-electron chi connectivity index (χ2n) is 8.24. The molecule has 1 aliphatic heterocycles. The van der Waals surface area contributed by atoms with Crippen LogP contribution in [0.2, 0.25) is 0 Å². The van der Waals surface area contributed by atoms with Gasteiger partial charge in [0.25, 0.3) is 0 Å². The Labute approximate surface area is 138 Å². The second kappa shape index (κ2) is 4.73. The molecule has 4 atom stereocenters. The van der Waals surface area contributed by atoms with Crippen LogP contribution >= 0.6 is 0 Å². The molecule has 1 spiro atoms. The quantitative estimate of drug-likeness (QED) is 0.787. The van der Waals surface area contributed by atoms with Crippen molar-refractivity contribution in [2.24, 2.45) is 17.3 Å². The molecule has 3 fully saturated rings. The SMILES string of the molecule is C[C@@]12CC[C@@H]3c4ccc(O)cc4CC[C@@H]3[C@@H]1CCC21OCCO1. The van der Waals surface area contributed by atoms with E-state index < -0.39 is 0 Å². The monoisotopic (exact) mass is 314 g/mol. The zero-order valence-corrected chi connectivity index (χ0v) is 13.9. The highest BCUT2D eigenvalue weighted by atomic mass is 16.7. The highest BCUT2D eigenvalue weighted by molar-refractivity contribution is 5.40. The summed E-state index contributed by atoms with van der Waals surface area (Å²) in [6.07, 6.45) is 7.08. The number of benzene rings is 1. The third-order valence-corrected chi connectivity index (χ3v) is 7.51. The van der Waals surface area contributed by atoms with E-state index in [0.717, 1.165) is 32.0 Å². The predicted octanol–water partition coefficient (Wildman–Crippen LogP) is 3.99. The Hall–Kier alpha value is -1.06. The van der Waals surface area contributed by atoms with Crippen molar-refractivity contribution < 1.29 is 14.6 Å². The third-order valence-electron chi connectivity index (χ3n) is 7.51. The average molecular weight is 314 g/mol. The Morgan fingerprint density at radius 2 is 1.91 bits per heavy atom. The van der Waals surface area contributed by atoms with Crippen LogP contribution in [0.4, 0.5) is 0 Å². The summed E-state index contributed by atoms with van der Waals surface area (Å²) in [4.78, 5) is 0. The minimum Gasteiger partial charge on any atom is -0.508 e. The van der Waals surface area contributed by atoms with E-state index in [9.17, 15) is 5.11 Å². The predicted molar refractivity (Wildman–Crippen MR) is 87.4 cm³/mol. The standard InChI is InChI=1S/C20H26O3/c1-19-8-6-16-15-5-3-14(21)12-13(15)2-4-17(16)18(19)7-9-20(19)22-10-11-23-20/h3,5,12,16-18,21H,2,4,6-11H2,1H3/t16-,17+,18+,19-/m1/s1. The van der Waals surface area contributed by atoms with Crippen molar-refractivity contribution >= 4 is 0 Å². The van der Waals surface area contributed by atoms with Gasteiger partial charge in [0.05, 0.1) is 13.2 Å². The molecule has 0 aromatic heterocycles. The highest BCUT2D eigenvalue weighted by Gasteiger charge is 2.64. The minimum absolute atomic E-state index is 0.180. The number of fused-ring (bicyclic) bond motifs is 6. The van der Waals surface area contributed by atoms with Crippen LogP contribution in [0.15, 0.2) is 18.2 Å². The molecule has 0 bridgehead atoms. The molecule has 3 heteroatoms. The van der Waals surface area contributed by atoms with Crippen LogP contribution in [0.1, 0.15) is 56.1 Å². The maximum Gasteiger partial charge on any atom is 0.174 e. The van der Waals surface area contributed by atoms with Crippen molar-refractivity contribution in [3.05, 3.63) is 29.3 Å². The van der Waals surface area contributed by atoms with Gasteiger partial charge in [-0.1, -0.05) is 13.0 Å². The van der Waals surface area contributed by atoms with E-state index >= 15 is 0 Å². The summed E-state index contributed by atoms with van der Waals surface area (Å²) in [6, 6.07) is 6.03.